The van der Waals surface area contributed by atoms with Crippen LogP contribution in [0.2, 0.25) is 0 Å². The van der Waals surface area contributed by atoms with Gasteiger partial charge in [-0.05, 0) is 54.9 Å². The monoisotopic (exact) mass is 415 g/mol. The van der Waals surface area contributed by atoms with Gasteiger partial charge in [0.2, 0.25) is 0 Å². The second-order valence-electron chi connectivity index (χ2n) is 7.93. The van der Waals surface area contributed by atoms with Crippen molar-refractivity contribution in [1.82, 2.24) is 9.55 Å². The molecule has 7 heteroatoms. The van der Waals surface area contributed by atoms with Crippen LogP contribution in [0.5, 0.6) is 0 Å². The molecule has 30 heavy (non-hydrogen) atoms. The van der Waals surface area contributed by atoms with E-state index in [4.69, 9.17) is 15.8 Å². The number of carboxylic acids is 1. The lowest BCUT2D eigenvalue weighted by Crippen LogP contribution is -2.24. The molecule has 1 aromatic heterocycles. The summed E-state index contributed by atoms with van der Waals surface area (Å²) < 4.78 is 15.5. The molecule has 162 valence electrons. The summed E-state index contributed by atoms with van der Waals surface area (Å²) in [5.74, 6) is 5.61. The third kappa shape index (κ3) is 5.92. The second kappa shape index (κ2) is 10.9. The molecular weight excluding hydrogens is 385 g/mol. The van der Waals surface area contributed by atoms with E-state index in [-0.39, 0.29) is 18.3 Å². The number of halogens is 1. The predicted molar refractivity (Wildman–Crippen MR) is 112 cm³/mol. The smallest absolute Gasteiger partial charge is 0.303 e. The maximum atomic E-state index is 13.4. The Morgan fingerprint density at radius 1 is 1.23 bits per heavy atom. The number of nitrogens with zero attached hydrogens (tertiary/aromatic N) is 2. The number of aromatic nitrogens is 2. The largest absolute Gasteiger partial charge is 0.481 e. The Morgan fingerprint density at radius 2 is 1.97 bits per heavy atom. The molecule has 3 N–H and O–H groups in total. The fourth-order valence-electron chi connectivity index (χ4n) is 4.44. The van der Waals surface area contributed by atoms with Crippen LogP contribution in [-0.4, -0.2) is 20.6 Å². The average molecular weight is 416 g/mol. The molecule has 1 aliphatic rings. The molecule has 1 aliphatic carbocycles. The highest BCUT2D eigenvalue weighted by Crippen LogP contribution is 2.40. The van der Waals surface area contributed by atoms with Crippen LogP contribution < -0.4 is 5.90 Å². The fourth-order valence-corrected chi connectivity index (χ4v) is 4.44. The number of benzene rings is 1. The lowest BCUT2D eigenvalue weighted by molar-refractivity contribution is -0.137. The number of carboxylic acid groups (broad SMARTS) is 1. The van der Waals surface area contributed by atoms with Crippen LogP contribution in [0.15, 0.2) is 54.3 Å². The minimum Gasteiger partial charge on any atom is -0.481 e. The van der Waals surface area contributed by atoms with Crippen LogP contribution >= 0.6 is 0 Å². The summed E-state index contributed by atoms with van der Waals surface area (Å²) >= 11 is 0. The summed E-state index contributed by atoms with van der Waals surface area (Å²) in [4.78, 5) is 20.6. The Morgan fingerprint density at radius 3 is 2.57 bits per heavy atom. The second-order valence-corrected chi connectivity index (χ2v) is 7.93. The van der Waals surface area contributed by atoms with Crippen molar-refractivity contribution in [3.63, 3.8) is 0 Å². The van der Waals surface area contributed by atoms with E-state index in [0.717, 1.165) is 36.8 Å². The van der Waals surface area contributed by atoms with Gasteiger partial charge in [-0.1, -0.05) is 31.4 Å². The molecule has 1 heterocycles. The van der Waals surface area contributed by atoms with Gasteiger partial charge in [-0.3, -0.25) is 4.79 Å². The van der Waals surface area contributed by atoms with Crippen LogP contribution in [0, 0.1) is 11.7 Å². The van der Waals surface area contributed by atoms with Crippen molar-refractivity contribution in [3.05, 3.63) is 65.7 Å². The van der Waals surface area contributed by atoms with Gasteiger partial charge in [0.1, 0.15) is 11.6 Å². The van der Waals surface area contributed by atoms with Crippen LogP contribution in [0.25, 0.3) is 0 Å². The van der Waals surface area contributed by atoms with Gasteiger partial charge in [-0.15, -0.1) is 0 Å². The van der Waals surface area contributed by atoms with E-state index in [9.17, 15) is 9.18 Å². The van der Waals surface area contributed by atoms with Gasteiger partial charge >= 0.3 is 5.97 Å². The summed E-state index contributed by atoms with van der Waals surface area (Å²) in [5, 5.41) is 9.03. The number of nitrogens with two attached hydrogens (primary N) is 1. The zero-order valence-corrected chi connectivity index (χ0v) is 17.2. The molecule has 1 aromatic carbocycles. The Bertz CT molecular complexity index is 828. The van der Waals surface area contributed by atoms with Crippen molar-refractivity contribution >= 4 is 5.97 Å². The first-order valence-corrected chi connectivity index (χ1v) is 10.6. The van der Waals surface area contributed by atoms with Crippen molar-refractivity contribution in [2.45, 2.75) is 63.8 Å². The highest BCUT2D eigenvalue weighted by atomic mass is 19.1. The first-order chi connectivity index (χ1) is 14.6. The number of aliphatic carboxylic acids is 1. The van der Waals surface area contributed by atoms with Crippen molar-refractivity contribution in [1.29, 1.82) is 0 Å². The molecule has 2 aromatic rings. The third-order valence-electron chi connectivity index (χ3n) is 5.89. The number of rotatable bonds is 10. The first kappa shape index (κ1) is 22.0. The van der Waals surface area contributed by atoms with Gasteiger partial charge in [0, 0.05) is 25.2 Å². The predicted octanol–water partition coefficient (Wildman–Crippen LogP) is 4.79. The maximum absolute atomic E-state index is 13.4. The van der Waals surface area contributed by atoms with Crippen molar-refractivity contribution in [3.8, 4) is 0 Å². The van der Waals surface area contributed by atoms with Gasteiger partial charge in [-0.25, -0.2) is 9.37 Å². The molecule has 0 bridgehead atoms. The average Bonchev–Trinajstić information content (AvgIpc) is 3.28. The molecule has 0 aliphatic heterocycles. The van der Waals surface area contributed by atoms with Crippen LogP contribution in [0.1, 0.15) is 63.0 Å². The highest BCUT2D eigenvalue weighted by molar-refractivity contribution is 5.66. The molecule has 1 fully saturated rings. The minimum absolute atomic E-state index is 0.0680. The molecule has 3 rings (SSSR count). The molecule has 0 spiro atoms. The lowest BCUT2D eigenvalue weighted by atomic mass is 9.78. The topological polar surface area (TPSA) is 90.4 Å². The number of carbonyl (C=O) groups is 1. The van der Waals surface area contributed by atoms with Crippen LogP contribution in [0.4, 0.5) is 4.39 Å². The van der Waals surface area contributed by atoms with Gasteiger partial charge in [0.15, 0.2) is 0 Å². The zero-order chi connectivity index (χ0) is 21.3. The number of allylic oxidation sites excluding steroid dienone is 2. The minimum atomic E-state index is -0.831. The Labute approximate surface area is 176 Å². The standard InChI is InChI=1S/C23H30FN3O3/c24-19-11-9-17(10-12-19)15-20(27-14-13-26-16-27)23(18-5-2-1-3-6-18)21(30-25)7-4-8-22(28)29/h9-14,16,18,20H,1-8,15,25H2,(H,28,29). The summed E-state index contributed by atoms with van der Waals surface area (Å²) in [7, 11) is 0. The van der Waals surface area contributed by atoms with Crippen molar-refractivity contribution in [2.75, 3.05) is 0 Å². The Hall–Kier alpha value is -2.67. The summed E-state index contributed by atoms with van der Waals surface area (Å²) in [6, 6.07) is 6.45. The molecule has 0 radical (unpaired) electrons. The van der Waals surface area contributed by atoms with Gasteiger partial charge in [0.25, 0.3) is 0 Å². The molecular formula is C23H30FN3O3. The first-order valence-electron chi connectivity index (χ1n) is 10.6. The molecule has 1 saturated carbocycles. The van der Waals surface area contributed by atoms with Gasteiger partial charge in [-0.2, -0.15) is 5.90 Å². The summed E-state index contributed by atoms with van der Waals surface area (Å²) in [5.41, 5.74) is 2.12. The van der Waals surface area contributed by atoms with E-state index in [2.05, 4.69) is 4.98 Å². The number of hydrogen-bond acceptors (Lipinski definition) is 4. The van der Waals surface area contributed by atoms with E-state index in [1.165, 1.54) is 18.6 Å². The maximum Gasteiger partial charge on any atom is 0.303 e. The molecule has 1 atom stereocenters. The third-order valence-corrected chi connectivity index (χ3v) is 5.89. The summed E-state index contributed by atoms with van der Waals surface area (Å²) in [6.07, 6.45) is 12.7. The van der Waals surface area contributed by atoms with Crippen molar-refractivity contribution < 1.29 is 19.1 Å². The van der Waals surface area contributed by atoms with Crippen LogP contribution in [0.3, 0.4) is 0 Å². The molecule has 0 saturated heterocycles. The molecule has 1 unspecified atom stereocenters. The van der Waals surface area contributed by atoms with Gasteiger partial charge in [0.05, 0.1) is 12.4 Å². The van der Waals surface area contributed by atoms with E-state index < -0.39 is 5.97 Å². The van der Waals surface area contributed by atoms with E-state index in [1.54, 1.807) is 24.7 Å². The quantitative estimate of drug-likeness (QED) is 0.430. The van der Waals surface area contributed by atoms with E-state index in [0.29, 0.717) is 30.9 Å². The normalized spacial score (nSPS) is 16.7. The fraction of sp³-hybridized carbons (Fsp3) is 0.478. The Kier molecular flexibility index (Phi) is 8.02. The zero-order valence-electron chi connectivity index (χ0n) is 17.2. The van der Waals surface area contributed by atoms with Crippen LogP contribution in [-0.2, 0) is 16.1 Å². The summed E-state index contributed by atoms with van der Waals surface area (Å²) in [6.45, 7) is 0. The Balaban J connectivity index is 1.99. The van der Waals surface area contributed by atoms with E-state index in [1.807, 2.05) is 10.8 Å². The van der Waals surface area contributed by atoms with E-state index >= 15 is 0 Å². The number of imidazole rings is 1. The highest BCUT2D eigenvalue weighted by Gasteiger charge is 2.30. The number of hydrogen-bond donors (Lipinski definition) is 2. The molecule has 0 amide bonds. The SMILES string of the molecule is NOC(CCCC(=O)O)=C(C1CCCCC1)C(Cc1ccc(F)cc1)n1ccnc1. The van der Waals surface area contributed by atoms with Crippen molar-refractivity contribution in [2.24, 2.45) is 11.8 Å². The lowest BCUT2D eigenvalue weighted by Gasteiger charge is -2.32. The molecule has 6 nitrogen and oxygen atoms in total. The van der Waals surface area contributed by atoms with Gasteiger partial charge < -0.3 is 14.5 Å².